The van der Waals surface area contributed by atoms with Gasteiger partial charge in [-0.2, -0.15) is 10.2 Å². The molecule has 0 bridgehead atoms. The van der Waals surface area contributed by atoms with Crippen LogP contribution in [0.15, 0.2) is 126 Å². The molecule has 0 aromatic heterocycles. The fourth-order valence-corrected chi connectivity index (χ4v) is 7.30. The predicted molar refractivity (Wildman–Crippen MR) is 209 cm³/mol. The first-order chi connectivity index (χ1) is 26.1. The van der Waals surface area contributed by atoms with Crippen molar-refractivity contribution in [3.05, 3.63) is 113 Å². The Morgan fingerprint density at radius 3 is 1.81 bits per heavy atom. The van der Waals surface area contributed by atoms with Crippen molar-refractivity contribution in [1.82, 2.24) is 0 Å². The first kappa shape index (κ1) is 62.3. The monoisotopic (exact) mass is 965 g/mol. The molecule has 0 radical (unpaired) electrons. The Morgan fingerprint density at radius 2 is 1.31 bits per heavy atom. The van der Waals surface area contributed by atoms with Gasteiger partial charge in [-0.25, -0.2) is 33.7 Å². The molecule has 4 aromatic carbocycles. The number of aromatic hydroxyl groups is 1. The number of anilines is 1. The van der Waals surface area contributed by atoms with Gasteiger partial charge in [-0.3, -0.25) is 0 Å². The van der Waals surface area contributed by atoms with Gasteiger partial charge in [0.15, 0.2) is 5.75 Å². The van der Waals surface area contributed by atoms with Gasteiger partial charge in [-0.15, -0.1) is 10.2 Å². The summed E-state index contributed by atoms with van der Waals surface area (Å²) in [6.07, 6.45) is 2.22. The molecule has 0 amide bonds. The number of azo groups is 2. The van der Waals surface area contributed by atoms with Crippen molar-refractivity contribution in [3.8, 4) is 5.75 Å². The van der Waals surface area contributed by atoms with Gasteiger partial charge in [0.2, 0.25) is 0 Å². The zero-order chi connectivity index (χ0) is 43.0. The van der Waals surface area contributed by atoms with Crippen LogP contribution in [0.2, 0.25) is 0 Å². The third kappa shape index (κ3) is 16.0. The Kier molecular flexibility index (Phi) is 24.3. The number of allylic oxidation sites excluding steroid dienone is 4. The van der Waals surface area contributed by atoms with Crippen molar-refractivity contribution < 1.29 is 181 Å². The van der Waals surface area contributed by atoms with Gasteiger partial charge in [-0.1, -0.05) is 25.8 Å². The van der Waals surface area contributed by atoms with E-state index in [0.717, 1.165) is 24.3 Å². The maximum absolute atomic E-state index is 12.1. The van der Waals surface area contributed by atoms with Crippen LogP contribution in [0, 0.1) is 6.92 Å². The fraction of sp³-hybridized carbons (Fsp3) is 0.0857. The molecule has 0 atom stereocenters. The van der Waals surface area contributed by atoms with Gasteiger partial charge in [0.25, 0.3) is 0 Å². The maximum Gasteiger partial charge on any atom is 1.00 e. The Morgan fingerprint density at radius 1 is 0.742 bits per heavy atom. The number of phenols is 1. The largest absolute Gasteiger partial charge is 1.00 e. The molecule has 0 aliphatic heterocycles. The number of phenolic OH excluding ortho intramolecular Hbond substituents is 1. The fourth-order valence-electron chi connectivity index (χ4n) is 5.17. The standard InChI is InChI=1S/C35H33N5O13S4.4Na.H2O/c1-18(2)33-24(9-10-54(42,43)44)14-32(57(51,52)53)34(35(33)41)40-37-22(6)19(3)11-20(4)23-7-8-29(21(5)12-23)38-39-30-17-27-25(15-31(30)56(48,49)50)13-26(16-28(27)36)55(45,46)47;;;;;/h7-17,41H,1,4,6,36H2,2-3,5H3,(H,42,43,44)(H,45,46,47)(H,48,49,50)(H,51,52,53);;;;;1H2/q;4*+1;/p-4/b10-9+,19-11-,39-38?,40-37?;;;;;. The van der Waals surface area contributed by atoms with Crippen LogP contribution in [0.4, 0.5) is 22.7 Å². The van der Waals surface area contributed by atoms with Crippen molar-refractivity contribution in [1.29, 1.82) is 0 Å². The number of hydrogen-bond acceptors (Lipinski definition) is 18. The number of rotatable bonds is 13. The zero-order valence-corrected chi connectivity index (χ0v) is 45.6. The van der Waals surface area contributed by atoms with Gasteiger partial charge in [-0.05, 0) is 114 Å². The Balaban J connectivity index is 0. The molecule has 62 heavy (non-hydrogen) atoms. The Hall–Kier alpha value is -1.76. The summed E-state index contributed by atoms with van der Waals surface area (Å²) in [6.45, 7) is 16.0. The average Bonchev–Trinajstić information content (AvgIpc) is 3.07. The number of benzene rings is 4. The number of nitrogens with zero attached hydrogens (tertiary/aromatic N) is 4. The number of hydrogen-bond donors (Lipinski definition) is 2. The molecule has 19 nitrogen and oxygen atoms in total. The third-order valence-electron chi connectivity index (χ3n) is 7.93. The van der Waals surface area contributed by atoms with Crippen molar-refractivity contribution in [2.75, 3.05) is 5.73 Å². The first-order valence-electron chi connectivity index (χ1n) is 15.5. The average molecular weight is 966 g/mol. The van der Waals surface area contributed by atoms with E-state index < -0.39 is 72.3 Å². The van der Waals surface area contributed by atoms with Gasteiger partial charge in [0.05, 0.1) is 26.1 Å². The van der Waals surface area contributed by atoms with E-state index >= 15 is 0 Å². The van der Waals surface area contributed by atoms with Crippen molar-refractivity contribution in [2.45, 2.75) is 35.5 Å². The van der Waals surface area contributed by atoms with Gasteiger partial charge >= 0.3 is 118 Å². The van der Waals surface area contributed by atoms with Crippen LogP contribution in [0.5, 0.6) is 5.75 Å². The minimum atomic E-state index is -5.35. The van der Waals surface area contributed by atoms with Crippen LogP contribution in [0.1, 0.15) is 36.1 Å². The predicted octanol–water partition coefficient (Wildman–Crippen LogP) is -6.44. The van der Waals surface area contributed by atoms with E-state index in [1.165, 1.54) is 19.1 Å². The summed E-state index contributed by atoms with van der Waals surface area (Å²) in [6, 6.07) is 9.15. The summed E-state index contributed by atoms with van der Waals surface area (Å²) in [4.78, 5) is -2.65. The van der Waals surface area contributed by atoms with E-state index in [2.05, 4.69) is 40.2 Å². The number of aryl methyl sites for hydroxylation is 1. The van der Waals surface area contributed by atoms with E-state index in [4.69, 9.17) is 5.73 Å². The molecule has 0 spiro atoms. The van der Waals surface area contributed by atoms with Crippen LogP contribution < -0.4 is 124 Å². The van der Waals surface area contributed by atoms with Gasteiger partial charge < -0.3 is 34.5 Å². The molecular formula is C35H31N5Na4O14S4. The minimum absolute atomic E-state index is 0. The molecule has 0 saturated carbocycles. The normalized spacial score (nSPS) is 12.2. The molecule has 0 saturated heterocycles. The summed E-state index contributed by atoms with van der Waals surface area (Å²) in [5, 5.41) is 26.7. The summed E-state index contributed by atoms with van der Waals surface area (Å²) in [7, 11) is -20.4. The van der Waals surface area contributed by atoms with E-state index in [1.807, 2.05) is 0 Å². The van der Waals surface area contributed by atoms with Crippen molar-refractivity contribution >= 4 is 91.2 Å². The molecule has 0 aliphatic rings. The molecule has 4 aromatic rings. The van der Waals surface area contributed by atoms with Gasteiger partial charge in [0.1, 0.15) is 51.8 Å². The number of nitrogens with two attached hydrogens (primary N) is 1. The summed E-state index contributed by atoms with van der Waals surface area (Å²) in [5.41, 5.74) is 5.98. The van der Waals surface area contributed by atoms with Crippen LogP contribution >= 0.6 is 0 Å². The Bertz CT molecular complexity index is 3030. The second kappa shape index (κ2) is 24.1. The molecule has 308 valence electrons. The van der Waals surface area contributed by atoms with E-state index in [9.17, 15) is 57.0 Å². The topological polar surface area (TPSA) is 356 Å². The van der Waals surface area contributed by atoms with E-state index in [1.54, 1.807) is 26.0 Å². The summed E-state index contributed by atoms with van der Waals surface area (Å²) in [5.74, 6) is -0.889. The van der Waals surface area contributed by atoms with Crippen molar-refractivity contribution in [3.63, 3.8) is 0 Å². The molecule has 0 unspecified atom stereocenters. The molecule has 4 rings (SSSR count). The van der Waals surface area contributed by atoms with Crippen LogP contribution in [-0.4, -0.2) is 62.5 Å². The second-order valence-corrected chi connectivity index (χ2v) is 17.6. The molecular weight excluding hydrogens is 935 g/mol. The smallest absolute Gasteiger partial charge is 0.744 e. The third-order valence-corrected chi connectivity index (χ3v) is 10.9. The zero-order valence-electron chi connectivity index (χ0n) is 34.3. The summed E-state index contributed by atoms with van der Waals surface area (Å²) >= 11 is 0. The summed E-state index contributed by atoms with van der Waals surface area (Å²) < 4.78 is 141. The van der Waals surface area contributed by atoms with E-state index in [-0.39, 0.29) is 174 Å². The van der Waals surface area contributed by atoms with Crippen LogP contribution in [0.3, 0.4) is 0 Å². The molecule has 5 N–H and O–H groups in total. The quantitative estimate of drug-likeness (QED) is 0.0414. The number of fused-ring (bicyclic) bond motifs is 1. The first-order valence-corrected chi connectivity index (χ1v) is 21.2. The second-order valence-electron chi connectivity index (χ2n) is 12.2. The maximum atomic E-state index is 12.1. The van der Waals surface area contributed by atoms with Gasteiger partial charge in [0, 0.05) is 22.0 Å². The number of nitrogen functional groups attached to an aromatic ring is 1. The SMILES string of the molecule is C=C(N=Nc1c(S(=O)(=O)[O-])cc(/C=C/S(=O)(=O)[O-])c(C(=C)C)c1O)/C(C)=C\C(=C)c1ccc(N=Nc2cc3c(N)cc(S(=O)(=O)[O-])cc3cc2S(=O)(=O)[O-])c(C)c1.O.[Na+].[Na+].[Na+].[Na+]. The Labute approximate surface area is 446 Å². The molecule has 0 aliphatic carbocycles. The van der Waals surface area contributed by atoms with Crippen LogP contribution in [-0.2, 0) is 40.5 Å². The molecule has 0 heterocycles. The van der Waals surface area contributed by atoms with Crippen LogP contribution in [0.25, 0.3) is 28.0 Å². The van der Waals surface area contributed by atoms with Crippen molar-refractivity contribution in [2.24, 2.45) is 20.5 Å². The minimum Gasteiger partial charge on any atom is -0.744 e. The van der Waals surface area contributed by atoms with E-state index in [0.29, 0.717) is 34.4 Å². The molecule has 27 heteroatoms. The molecule has 0 fully saturated rings.